The molecule has 0 radical (unpaired) electrons. The lowest BCUT2D eigenvalue weighted by Crippen LogP contribution is -2.07. The number of rotatable bonds is 7. The molecule has 3 heteroatoms. The zero-order valence-corrected chi connectivity index (χ0v) is 19.1. The summed E-state index contributed by atoms with van der Waals surface area (Å²) in [5.74, 6) is -0.125. The lowest BCUT2D eigenvalue weighted by Gasteiger charge is -2.11. The van der Waals surface area contributed by atoms with E-state index in [1.165, 1.54) is 6.92 Å². The molecule has 0 aliphatic carbocycles. The van der Waals surface area contributed by atoms with Gasteiger partial charge < -0.3 is 5.32 Å². The maximum Gasteiger partial charge on any atom is 0.221 e. The molecule has 0 heterocycles. The number of nitrogens with zero attached hydrogens (tertiary/aromatic N) is 1. The highest BCUT2D eigenvalue weighted by molar-refractivity contribution is 5.95. The van der Waals surface area contributed by atoms with Crippen LogP contribution in [0.5, 0.6) is 0 Å². The van der Waals surface area contributed by atoms with E-state index in [9.17, 15) is 4.79 Å². The van der Waals surface area contributed by atoms with Crippen molar-refractivity contribution in [1.29, 1.82) is 0 Å². The highest BCUT2D eigenvalue weighted by Gasteiger charge is 2.08. The first-order valence-corrected chi connectivity index (χ1v) is 11.2. The summed E-state index contributed by atoms with van der Waals surface area (Å²) in [4.78, 5) is 16.7. The molecule has 0 aromatic heterocycles. The van der Waals surface area contributed by atoms with E-state index in [4.69, 9.17) is 4.99 Å². The van der Waals surface area contributed by atoms with Crippen LogP contribution in [0.25, 0.3) is 24.3 Å². The van der Waals surface area contributed by atoms with Crippen LogP contribution in [0.3, 0.4) is 0 Å². The molecule has 0 unspecified atom stereocenters. The number of aliphatic imine (C=N–C) groups is 1. The molecule has 4 aromatic carbocycles. The summed E-state index contributed by atoms with van der Waals surface area (Å²) in [6, 6.07) is 34.2. The van der Waals surface area contributed by atoms with Crippen molar-refractivity contribution in [2.75, 3.05) is 5.32 Å². The molecule has 166 valence electrons. The Bertz CT molecular complexity index is 1320. The monoisotopic (exact) mass is 442 g/mol. The van der Waals surface area contributed by atoms with Gasteiger partial charge in [-0.25, -0.2) is 0 Å². The standard InChI is InChI=1S/C31H26N2O/c1-24(34)33-31-22-30(32-23-27-15-9-4-10-16-27)28(19-17-25-11-5-2-6-12-25)21-29(31)20-18-26-13-7-3-8-14-26/h2-23H,1H3,(H,33,34). The highest BCUT2D eigenvalue weighted by Crippen LogP contribution is 2.31. The van der Waals surface area contributed by atoms with Crippen LogP contribution in [0.4, 0.5) is 11.4 Å². The minimum absolute atomic E-state index is 0.125. The van der Waals surface area contributed by atoms with Crippen LogP contribution < -0.4 is 5.32 Å². The lowest BCUT2D eigenvalue weighted by molar-refractivity contribution is -0.114. The van der Waals surface area contributed by atoms with E-state index in [0.29, 0.717) is 0 Å². The SMILES string of the molecule is CC(=O)Nc1cc(N=Cc2ccccc2)c(C=Cc2ccccc2)cc1C=Cc1ccccc1. The molecule has 0 bridgehead atoms. The largest absolute Gasteiger partial charge is 0.326 e. The number of nitrogens with one attached hydrogen (secondary N) is 1. The molecular formula is C31H26N2O. The first-order valence-electron chi connectivity index (χ1n) is 11.2. The van der Waals surface area contributed by atoms with Crippen molar-refractivity contribution in [1.82, 2.24) is 0 Å². The topological polar surface area (TPSA) is 41.5 Å². The van der Waals surface area contributed by atoms with Crippen molar-refractivity contribution in [3.8, 4) is 0 Å². The van der Waals surface area contributed by atoms with Crippen LogP contribution >= 0.6 is 0 Å². The first kappa shape index (κ1) is 22.7. The molecule has 0 saturated carbocycles. The fourth-order valence-electron chi connectivity index (χ4n) is 3.49. The Hall–Kier alpha value is -4.50. The number of anilines is 1. The third-order valence-electron chi connectivity index (χ3n) is 5.17. The third kappa shape index (κ3) is 6.50. The van der Waals surface area contributed by atoms with E-state index in [1.807, 2.05) is 103 Å². The zero-order valence-electron chi connectivity index (χ0n) is 19.1. The number of hydrogen-bond acceptors (Lipinski definition) is 2. The molecule has 34 heavy (non-hydrogen) atoms. The molecule has 0 spiro atoms. The second-order valence-corrected chi connectivity index (χ2v) is 7.84. The maximum atomic E-state index is 11.9. The van der Waals surface area contributed by atoms with Gasteiger partial charge in [-0.1, -0.05) is 115 Å². The average Bonchev–Trinajstić information content (AvgIpc) is 2.87. The summed E-state index contributed by atoms with van der Waals surface area (Å²) in [6.45, 7) is 1.51. The van der Waals surface area contributed by atoms with Crippen LogP contribution in [0.2, 0.25) is 0 Å². The molecule has 0 atom stereocenters. The van der Waals surface area contributed by atoms with E-state index in [2.05, 4.69) is 35.7 Å². The maximum absolute atomic E-state index is 11.9. The van der Waals surface area contributed by atoms with Gasteiger partial charge in [0.25, 0.3) is 0 Å². The van der Waals surface area contributed by atoms with Crippen LogP contribution in [0.1, 0.15) is 34.7 Å². The third-order valence-corrected chi connectivity index (χ3v) is 5.17. The van der Waals surface area contributed by atoms with Gasteiger partial charge in [0.15, 0.2) is 0 Å². The minimum Gasteiger partial charge on any atom is -0.326 e. The van der Waals surface area contributed by atoms with Crippen molar-refractivity contribution < 1.29 is 4.79 Å². The molecule has 1 N–H and O–H groups in total. The van der Waals surface area contributed by atoms with Crippen molar-refractivity contribution in [3.05, 3.63) is 131 Å². The molecule has 4 aromatic rings. The summed E-state index contributed by atoms with van der Waals surface area (Å²) in [6.07, 6.45) is 10.0. The highest BCUT2D eigenvalue weighted by atomic mass is 16.1. The van der Waals surface area contributed by atoms with Gasteiger partial charge in [-0.15, -0.1) is 0 Å². The second-order valence-electron chi connectivity index (χ2n) is 7.84. The molecule has 3 nitrogen and oxygen atoms in total. The lowest BCUT2D eigenvalue weighted by atomic mass is 10.0. The predicted molar refractivity (Wildman–Crippen MR) is 145 cm³/mol. The normalized spacial score (nSPS) is 11.4. The fourth-order valence-corrected chi connectivity index (χ4v) is 3.49. The fraction of sp³-hybridized carbons (Fsp3) is 0.0323. The summed E-state index contributed by atoms with van der Waals surface area (Å²) in [7, 11) is 0. The Labute approximate surface area is 200 Å². The molecule has 1 amide bonds. The van der Waals surface area contributed by atoms with Gasteiger partial charge in [0, 0.05) is 18.7 Å². The average molecular weight is 443 g/mol. The van der Waals surface area contributed by atoms with Gasteiger partial charge in [-0.3, -0.25) is 9.79 Å². The molecule has 0 aliphatic heterocycles. The molecule has 0 aliphatic rings. The van der Waals surface area contributed by atoms with Gasteiger partial charge in [0.1, 0.15) is 0 Å². The van der Waals surface area contributed by atoms with Gasteiger partial charge in [0.2, 0.25) is 5.91 Å². The molecule has 0 fully saturated rings. The van der Waals surface area contributed by atoms with E-state index >= 15 is 0 Å². The number of benzene rings is 4. The summed E-state index contributed by atoms with van der Waals surface area (Å²) < 4.78 is 0. The Morgan fingerprint density at radius 3 is 1.68 bits per heavy atom. The van der Waals surface area contributed by atoms with E-state index in [1.54, 1.807) is 0 Å². The van der Waals surface area contributed by atoms with Crippen molar-refractivity contribution in [2.45, 2.75) is 6.92 Å². The van der Waals surface area contributed by atoms with E-state index in [-0.39, 0.29) is 5.91 Å². The van der Waals surface area contributed by atoms with Crippen LogP contribution in [-0.2, 0) is 4.79 Å². The van der Waals surface area contributed by atoms with E-state index in [0.717, 1.165) is 39.2 Å². The van der Waals surface area contributed by atoms with Crippen LogP contribution in [0.15, 0.2) is 108 Å². The number of hydrogen-bond donors (Lipinski definition) is 1. The Morgan fingerprint density at radius 1 is 0.647 bits per heavy atom. The molecule has 4 rings (SSSR count). The molecule has 0 saturated heterocycles. The van der Waals surface area contributed by atoms with Crippen LogP contribution in [-0.4, -0.2) is 12.1 Å². The summed E-state index contributed by atoms with van der Waals surface area (Å²) >= 11 is 0. The molecular weight excluding hydrogens is 416 g/mol. The minimum atomic E-state index is -0.125. The first-order chi connectivity index (χ1) is 16.7. The van der Waals surface area contributed by atoms with E-state index < -0.39 is 0 Å². The Morgan fingerprint density at radius 2 is 1.15 bits per heavy atom. The van der Waals surface area contributed by atoms with Crippen molar-refractivity contribution in [3.63, 3.8) is 0 Å². The Balaban J connectivity index is 1.78. The smallest absolute Gasteiger partial charge is 0.221 e. The number of carbonyl (C=O) groups excluding carboxylic acids is 1. The van der Waals surface area contributed by atoms with Gasteiger partial charge in [-0.05, 0) is 34.4 Å². The summed E-state index contributed by atoms with van der Waals surface area (Å²) in [5, 5.41) is 2.96. The Kier molecular flexibility index (Phi) is 7.60. The predicted octanol–water partition coefficient (Wildman–Crippen LogP) is 7.74. The van der Waals surface area contributed by atoms with Crippen molar-refractivity contribution >= 4 is 47.8 Å². The number of amides is 1. The van der Waals surface area contributed by atoms with Gasteiger partial charge in [-0.2, -0.15) is 0 Å². The van der Waals surface area contributed by atoms with Crippen molar-refractivity contribution in [2.24, 2.45) is 4.99 Å². The zero-order chi connectivity index (χ0) is 23.6. The van der Waals surface area contributed by atoms with Crippen LogP contribution in [0, 0.1) is 0 Å². The summed E-state index contributed by atoms with van der Waals surface area (Å²) in [5.41, 5.74) is 6.56. The quantitative estimate of drug-likeness (QED) is 0.231. The second kappa shape index (κ2) is 11.4. The van der Waals surface area contributed by atoms with Gasteiger partial charge in [0.05, 0.1) is 11.4 Å². The number of carbonyl (C=O) groups is 1. The van der Waals surface area contributed by atoms with Gasteiger partial charge >= 0.3 is 0 Å².